The number of rotatable bonds is 7. The van der Waals surface area contributed by atoms with Crippen LogP contribution in [0.1, 0.15) is 27.8 Å². The van der Waals surface area contributed by atoms with Crippen molar-refractivity contribution in [3.63, 3.8) is 0 Å². The summed E-state index contributed by atoms with van der Waals surface area (Å²) in [4.78, 5) is 24.1. The topological polar surface area (TPSA) is 83.4 Å². The molecule has 2 rings (SSSR count). The van der Waals surface area contributed by atoms with Crippen LogP contribution in [0, 0.1) is 0 Å². The molecule has 1 aromatic heterocycles. The van der Waals surface area contributed by atoms with Crippen LogP contribution in [-0.2, 0) is 0 Å². The number of hydrogen-bond acceptors (Lipinski definition) is 4. The third-order valence-electron chi connectivity index (χ3n) is 3.02. The maximum Gasteiger partial charge on any atom is 0.291 e. The molecule has 7 heteroatoms. The first-order valence-electron chi connectivity index (χ1n) is 7.26. The van der Waals surface area contributed by atoms with Crippen molar-refractivity contribution in [2.24, 2.45) is 0 Å². The molecule has 0 saturated heterocycles. The van der Waals surface area contributed by atoms with Crippen LogP contribution in [0.25, 0.3) is 0 Å². The molecule has 2 amide bonds. The van der Waals surface area contributed by atoms with E-state index in [0.29, 0.717) is 29.0 Å². The van der Waals surface area contributed by atoms with Crippen LogP contribution in [0.2, 0.25) is 0 Å². The molecule has 6 nitrogen and oxygen atoms in total. The third kappa shape index (κ3) is 5.22. The lowest BCUT2D eigenvalue weighted by atomic mass is 10.2. The van der Waals surface area contributed by atoms with Crippen LogP contribution in [0.3, 0.4) is 0 Å². The van der Waals surface area contributed by atoms with E-state index >= 15 is 0 Å². The van der Waals surface area contributed by atoms with E-state index in [9.17, 15) is 9.59 Å². The fourth-order valence-electron chi connectivity index (χ4n) is 1.91. The SMILES string of the molecule is CCNCCNC(=O)c1cccc(NC(=O)c2ccc(Br)o2)c1. The number of hydrogen-bond donors (Lipinski definition) is 3. The first kappa shape index (κ1) is 17.2. The minimum absolute atomic E-state index is 0.181. The lowest BCUT2D eigenvalue weighted by molar-refractivity contribution is 0.0951. The average molecular weight is 380 g/mol. The van der Waals surface area contributed by atoms with Gasteiger partial charge in [-0.2, -0.15) is 0 Å². The van der Waals surface area contributed by atoms with Crippen molar-refractivity contribution in [2.45, 2.75) is 6.92 Å². The highest BCUT2D eigenvalue weighted by Gasteiger charge is 2.12. The van der Waals surface area contributed by atoms with E-state index in [0.717, 1.165) is 6.54 Å². The van der Waals surface area contributed by atoms with E-state index in [-0.39, 0.29) is 17.6 Å². The van der Waals surface area contributed by atoms with Crippen LogP contribution >= 0.6 is 15.9 Å². The van der Waals surface area contributed by atoms with Gasteiger partial charge in [-0.1, -0.05) is 13.0 Å². The van der Waals surface area contributed by atoms with E-state index in [1.807, 2.05) is 6.92 Å². The Hall–Kier alpha value is -2.12. The lowest BCUT2D eigenvalue weighted by Gasteiger charge is -2.08. The molecule has 0 aliphatic carbocycles. The molecule has 0 bridgehead atoms. The number of likely N-dealkylation sites (N-methyl/N-ethyl adjacent to an activating group) is 1. The predicted molar refractivity (Wildman–Crippen MR) is 91.7 cm³/mol. The number of nitrogens with one attached hydrogen (secondary N) is 3. The summed E-state index contributed by atoms with van der Waals surface area (Å²) in [6.45, 7) is 4.13. The van der Waals surface area contributed by atoms with Gasteiger partial charge in [-0.15, -0.1) is 0 Å². The normalized spacial score (nSPS) is 10.3. The zero-order chi connectivity index (χ0) is 16.7. The van der Waals surface area contributed by atoms with Crippen molar-refractivity contribution < 1.29 is 14.0 Å². The maximum atomic E-state index is 12.0. The van der Waals surface area contributed by atoms with Gasteiger partial charge in [-0.05, 0) is 52.8 Å². The second kappa shape index (κ2) is 8.50. The number of amides is 2. The third-order valence-corrected chi connectivity index (χ3v) is 3.44. The molecule has 0 saturated carbocycles. The number of furan rings is 1. The van der Waals surface area contributed by atoms with Gasteiger partial charge in [-0.3, -0.25) is 9.59 Å². The first-order chi connectivity index (χ1) is 11.1. The molecule has 0 spiro atoms. The number of benzene rings is 1. The van der Waals surface area contributed by atoms with E-state index in [4.69, 9.17) is 4.42 Å². The van der Waals surface area contributed by atoms with Crippen molar-refractivity contribution in [1.82, 2.24) is 10.6 Å². The predicted octanol–water partition coefficient (Wildman–Crippen LogP) is 2.63. The second-order valence-corrected chi connectivity index (χ2v) is 5.53. The van der Waals surface area contributed by atoms with Crippen molar-refractivity contribution in [2.75, 3.05) is 25.0 Å². The molecule has 0 aliphatic rings. The first-order valence-corrected chi connectivity index (χ1v) is 8.05. The highest BCUT2D eigenvalue weighted by Crippen LogP contribution is 2.16. The summed E-state index contributed by atoms with van der Waals surface area (Å²) in [6.07, 6.45) is 0. The van der Waals surface area contributed by atoms with Crippen LogP contribution in [0.15, 0.2) is 45.5 Å². The van der Waals surface area contributed by atoms with Crippen molar-refractivity contribution in [1.29, 1.82) is 0 Å². The minimum Gasteiger partial charge on any atom is -0.444 e. The summed E-state index contributed by atoms with van der Waals surface area (Å²) in [6, 6.07) is 9.96. The molecular formula is C16H18BrN3O3. The largest absolute Gasteiger partial charge is 0.444 e. The van der Waals surface area contributed by atoms with Gasteiger partial charge < -0.3 is 20.4 Å². The molecular weight excluding hydrogens is 362 g/mol. The van der Waals surface area contributed by atoms with E-state index < -0.39 is 0 Å². The van der Waals surface area contributed by atoms with Crippen molar-refractivity contribution in [3.8, 4) is 0 Å². The zero-order valence-electron chi connectivity index (χ0n) is 12.7. The van der Waals surface area contributed by atoms with Gasteiger partial charge in [0.1, 0.15) is 0 Å². The van der Waals surface area contributed by atoms with Gasteiger partial charge in [0.05, 0.1) is 0 Å². The second-order valence-electron chi connectivity index (χ2n) is 4.75. The Morgan fingerprint density at radius 1 is 1.13 bits per heavy atom. The quantitative estimate of drug-likeness (QED) is 0.645. The highest BCUT2D eigenvalue weighted by atomic mass is 79.9. The van der Waals surface area contributed by atoms with Gasteiger partial charge in [-0.25, -0.2) is 0 Å². The molecule has 3 N–H and O–H groups in total. The van der Waals surface area contributed by atoms with Gasteiger partial charge in [0.25, 0.3) is 11.8 Å². The standard InChI is InChI=1S/C16H18BrN3O3/c1-2-18-8-9-19-15(21)11-4-3-5-12(10-11)20-16(22)13-6-7-14(17)23-13/h3-7,10,18H,2,8-9H2,1H3,(H,19,21)(H,20,22). The molecule has 0 atom stereocenters. The van der Waals surface area contributed by atoms with Gasteiger partial charge >= 0.3 is 0 Å². The molecule has 0 unspecified atom stereocenters. The monoisotopic (exact) mass is 379 g/mol. The Bertz CT molecular complexity index is 685. The average Bonchev–Trinajstić information content (AvgIpc) is 2.98. The van der Waals surface area contributed by atoms with E-state index in [1.165, 1.54) is 0 Å². The van der Waals surface area contributed by atoms with E-state index in [1.54, 1.807) is 36.4 Å². The van der Waals surface area contributed by atoms with Crippen LogP contribution in [0.4, 0.5) is 5.69 Å². The Kier molecular flexibility index (Phi) is 6.37. The van der Waals surface area contributed by atoms with Crippen LogP contribution in [-0.4, -0.2) is 31.4 Å². The minimum atomic E-state index is -0.375. The molecule has 0 fully saturated rings. The van der Waals surface area contributed by atoms with Gasteiger partial charge in [0.2, 0.25) is 0 Å². The summed E-state index contributed by atoms with van der Waals surface area (Å²) in [7, 11) is 0. The fraction of sp³-hybridized carbons (Fsp3) is 0.250. The number of carbonyl (C=O) groups is 2. The fourth-order valence-corrected chi connectivity index (χ4v) is 2.22. The van der Waals surface area contributed by atoms with Crippen LogP contribution in [0.5, 0.6) is 0 Å². The number of anilines is 1. The van der Waals surface area contributed by atoms with Gasteiger partial charge in [0, 0.05) is 24.3 Å². The lowest BCUT2D eigenvalue weighted by Crippen LogP contribution is -2.31. The molecule has 23 heavy (non-hydrogen) atoms. The maximum absolute atomic E-state index is 12.0. The molecule has 0 aliphatic heterocycles. The molecule has 1 aromatic carbocycles. The summed E-state index contributed by atoms with van der Waals surface area (Å²) in [5.41, 5.74) is 1.02. The molecule has 1 heterocycles. The summed E-state index contributed by atoms with van der Waals surface area (Å²) < 4.78 is 5.67. The Morgan fingerprint density at radius 3 is 2.65 bits per heavy atom. The summed E-state index contributed by atoms with van der Waals surface area (Å²) >= 11 is 3.15. The Balaban J connectivity index is 1.96. The van der Waals surface area contributed by atoms with Crippen molar-refractivity contribution in [3.05, 3.63) is 52.4 Å². The number of carbonyl (C=O) groups excluding carboxylic acids is 2. The molecule has 122 valence electrons. The molecule has 2 aromatic rings. The Morgan fingerprint density at radius 2 is 1.96 bits per heavy atom. The highest BCUT2D eigenvalue weighted by molar-refractivity contribution is 9.10. The van der Waals surface area contributed by atoms with Crippen LogP contribution < -0.4 is 16.0 Å². The summed E-state index contributed by atoms with van der Waals surface area (Å²) in [5.74, 6) is -0.363. The summed E-state index contributed by atoms with van der Waals surface area (Å²) in [5, 5.41) is 8.63. The number of halogens is 1. The zero-order valence-corrected chi connectivity index (χ0v) is 14.3. The smallest absolute Gasteiger partial charge is 0.291 e. The molecule has 0 radical (unpaired) electrons. The Labute approximate surface area is 142 Å². The van der Waals surface area contributed by atoms with Crippen molar-refractivity contribution >= 4 is 33.4 Å². The van der Waals surface area contributed by atoms with E-state index in [2.05, 4.69) is 31.9 Å². The van der Waals surface area contributed by atoms with Gasteiger partial charge in [0.15, 0.2) is 10.4 Å².